The Morgan fingerprint density at radius 1 is 1.19 bits per heavy atom. The molecule has 0 fully saturated rings. The van der Waals surface area contributed by atoms with Crippen LogP contribution in [0, 0.1) is 5.82 Å². The van der Waals surface area contributed by atoms with E-state index in [0.717, 1.165) is 6.07 Å². The summed E-state index contributed by atoms with van der Waals surface area (Å²) in [6, 6.07) is 3.14. The van der Waals surface area contributed by atoms with Gasteiger partial charge in [0.25, 0.3) is 0 Å². The molecule has 0 radical (unpaired) electrons. The third-order valence-electron chi connectivity index (χ3n) is 2.11. The van der Waals surface area contributed by atoms with Crippen LogP contribution in [0.1, 0.15) is 5.56 Å². The highest BCUT2D eigenvalue weighted by Crippen LogP contribution is 2.35. The van der Waals surface area contributed by atoms with Crippen molar-refractivity contribution in [1.29, 1.82) is 0 Å². The topological polar surface area (TPSA) is 28.7 Å². The van der Waals surface area contributed by atoms with Gasteiger partial charge in [-0.2, -0.15) is 18.3 Å². The molecule has 0 spiro atoms. The average Bonchev–Trinajstić information content (AvgIpc) is 2.69. The zero-order valence-electron chi connectivity index (χ0n) is 7.85. The lowest BCUT2D eigenvalue weighted by atomic mass is 10.0. The number of halogens is 4. The van der Waals surface area contributed by atoms with Crippen molar-refractivity contribution >= 4 is 0 Å². The molecule has 1 heterocycles. The summed E-state index contributed by atoms with van der Waals surface area (Å²) >= 11 is 0. The van der Waals surface area contributed by atoms with E-state index in [1.54, 1.807) is 0 Å². The predicted octanol–water partition coefficient (Wildman–Crippen LogP) is 3.23. The number of benzene rings is 1. The van der Waals surface area contributed by atoms with Crippen molar-refractivity contribution in [2.45, 2.75) is 6.18 Å². The Hall–Kier alpha value is -1.85. The van der Waals surface area contributed by atoms with Crippen molar-refractivity contribution in [2.75, 3.05) is 0 Å². The van der Waals surface area contributed by atoms with Crippen molar-refractivity contribution in [1.82, 2.24) is 10.2 Å². The number of hydrogen-bond donors (Lipinski definition) is 1. The third-order valence-corrected chi connectivity index (χ3v) is 2.11. The minimum Gasteiger partial charge on any atom is -0.285 e. The molecule has 0 saturated carbocycles. The maximum absolute atomic E-state index is 13.6. The normalized spacial score (nSPS) is 11.8. The fourth-order valence-electron chi connectivity index (χ4n) is 1.37. The summed E-state index contributed by atoms with van der Waals surface area (Å²) in [5, 5.41) is 5.97. The molecule has 2 nitrogen and oxygen atoms in total. The summed E-state index contributed by atoms with van der Waals surface area (Å²) < 4.78 is 50.8. The van der Waals surface area contributed by atoms with E-state index in [1.807, 2.05) is 0 Å². The van der Waals surface area contributed by atoms with Crippen LogP contribution in [-0.4, -0.2) is 10.2 Å². The lowest BCUT2D eigenvalue weighted by molar-refractivity contribution is -0.139. The van der Waals surface area contributed by atoms with E-state index in [9.17, 15) is 17.6 Å². The monoisotopic (exact) mass is 230 g/mol. The van der Waals surface area contributed by atoms with Gasteiger partial charge in [-0.3, -0.25) is 5.10 Å². The molecule has 16 heavy (non-hydrogen) atoms. The van der Waals surface area contributed by atoms with Gasteiger partial charge < -0.3 is 0 Å². The van der Waals surface area contributed by atoms with Gasteiger partial charge in [0.2, 0.25) is 0 Å². The van der Waals surface area contributed by atoms with Crippen LogP contribution < -0.4 is 0 Å². The molecule has 0 amide bonds. The Morgan fingerprint density at radius 3 is 2.50 bits per heavy atom. The zero-order valence-corrected chi connectivity index (χ0v) is 7.85. The van der Waals surface area contributed by atoms with Crippen LogP contribution in [-0.2, 0) is 6.18 Å². The molecular formula is C10H6F4N2. The van der Waals surface area contributed by atoms with Crippen LogP contribution in [0.2, 0.25) is 0 Å². The highest BCUT2D eigenvalue weighted by atomic mass is 19.4. The van der Waals surface area contributed by atoms with Gasteiger partial charge in [-0.05, 0) is 6.07 Å². The maximum atomic E-state index is 13.6. The summed E-state index contributed by atoms with van der Waals surface area (Å²) in [5.74, 6) is -1.28. The number of aromatic amines is 1. The highest BCUT2D eigenvalue weighted by Gasteiger charge is 2.34. The minimum atomic E-state index is -4.69. The summed E-state index contributed by atoms with van der Waals surface area (Å²) in [6.45, 7) is 0. The predicted molar refractivity (Wildman–Crippen MR) is 49.0 cm³/mol. The molecule has 2 aromatic rings. The second-order valence-electron chi connectivity index (χ2n) is 3.15. The lowest BCUT2D eigenvalue weighted by Gasteiger charge is -2.09. The van der Waals surface area contributed by atoms with Crippen LogP contribution in [0.15, 0.2) is 30.6 Å². The number of nitrogens with one attached hydrogen (secondary N) is 1. The first-order chi connectivity index (χ1) is 7.50. The molecular weight excluding hydrogens is 224 g/mol. The van der Waals surface area contributed by atoms with Gasteiger partial charge >= 0.3 is 6.18 Å². The molecule has 1 N–H and O–H groups in total. The van der Waals surface area contributed by atoms with E-state index in [2.05, 4.69) is 10.2 Å². The number of H-pyrrole nitrogens is 1. The van der Waals surface area contributed by atoms with Gasteiger partial charge in [0.15, 0.2) is 0 Å². The molecule has 0 atom stereocenters. The second-order valence-corrected chi connectivity index (χ2v) is 3.15. The Morgan fingerprint density at radius 2 is 1.94 bits per heavy atom. The smallest absolute Gasteiger partial charge is 0.285 e. The van der Waals surface area contributed by atoms with Crippen molar-refractivity contribution in [3.63, 3.8) is 0 Å². The Bertz CT molecular complexity index is 488. The molecule has 0 aliphatic heterocycles. The Balaban J connectivity index is 2.58. The van der Waals surface area contributed by atoms with Gasteiger partial charge in [-0.15, -0.1) is 0 Å². The summed E-state index contributed by atoms with van der Waals surface area (Å²) in [5.41, 5.74) is -1.11. The number of alkyl halides is 3. The fourth-order valence-corrected chi connectivity index (χ4v) is 1.37. The van der Waals surface area contributed by atoms with E-state index in [4.69, 9.17) is 0 Å². The molecule has 0 aliphatic carbocycles. The van der Waals surface area contributed by atoms with Crippen LogP contribution in [0.5, 0.6) is 0 Å². The van der Waals surface area contributed by atoms with Crippen LogP contribution in [0.4, 0.5) is 17.6 Å². The second kappa shape index (κ2) is 3.62. The van der Waals surface area contributed by atoms with E-state index in [0.29, 0.717) is 6.07 Å². The number of hydrogen-bond acceptors (Lipinski definition) is 1. The zero-order chi connectivity index (χ0) is 11.8. The van der Waals surface area contributed by atoms with E-state index in [-0.39, 0.29) is 11.1 Å². The van der Waals surface area contributed by atoms with Crippen molar-refractivity contribution < 1.29 is 17.6 Å². The largest absolute Gasteiger partial charge is 0.419 e. The molecule has 1 aromatic heterocycles. The number of rotatable bonds is 1. The Kier molecular flexibility index (Phi) is 2.41. The van der Waals surface area contributed by atoms with Crippen molar-refractivity contribution in [3.05, 3.63) is 42.0 Å². The van der Waals surface area contributed by atoms with Crippen molar-refractivity contribution in [2.24, 2.45) is 0 Å². The van der Waals surface area contributed by atoms with E-state index in [1.165, 1.54) is 18.5 Å². The minimum absolute atomic E-state index is 0.122. The van der Waals surface area contributed by atoms with Crippen molar-refractivity contribution in [3.8, 4) is 11.1 Å². The lowest BCUT2D eigenvalue weighted by Crippen LogP contribution is -2.08. The number of aromatic nitrogens is 2. The van der Waals surface area contributed by atoms with E-state index < -0.39 is 17.6 Å². The third kappa shape index (κ3) is 1.78. The van der Waals surface area contributed by atoms with Gasteiger partial charge in [0, 0.05) is 17.3 Å². The highest BCUT2D eigenvalue weighted by molar-refractivity contribution is 5.63. The average molecular weight is 230 g/mol. The molecule has 2 rings (SSSR count). The quantitative estimate of drug-likeness (QED) is 0.748. The first-order valence-corrected chi connectivity index (χ1v) is 4.35. The molecule has 0 saturated heterocycles. The van der Waals surface area contributed by atoms with Gasteiger partial charge in [0.1, 0.15) is 5.82 Å². The molecule has 6 heteroatoms. The molecule has 0 aliphatic rings. The van der Waals surface area contributed by atoms with E-state index >= 15 is 0 Å². The maximum Gasteiger partial charge on any atom is 0.419 e. The summed E-state index contributed by atoms with van der Waals surface area (Å²) in [7, 11) is 0. The standard InChI is InChI=1S/C10H6F4N2/c11-9-7(6-4-15-16-5-6)2-1-3-8(9)10(12,13)14/h1-5H,(H,15,16). The summed E-state index contributed by atoms with van der Waals surface area (Å²) in [6.07, 6.45) is -2.10. The molecule has 0 bridgehead atoms. The first kappa shape index (κ1) is 10.7. The number of nitrogens with zero attached hydrogens (tertiary/aromatic N) is 1. The van der Waals surface area contributed by atoms with Crippen LogP contribution in [0.3, 0.4) is 0 Å². The molecule has 84 valence electrons. The fraction of sp³-hybridized carbons (Fsp3) is 0.100. The first-order valence-electron chi connectivity index (χ1n) is 4.35. The molecule has 1 aromatic carbocycles. The Labute approximate surface area is 87.9 Å². The van der Waals surface area contributed by atoms with Gasteiger partial charge in [-0.1, -0.05) is 12.1 Å². The van der Waals surface area contributed by atoms with Crippen LogP contribution >= 0.6 is 0 Å². The van der Waals surface area contributed by atoms with Crippen LogP contribution in [0.25, 0.3) is 11.1 Å². The van der Waals surface area contributed by atoms with Gasteiger partial charge in [0.05, 0.1) is 11.8 Å². The summed E-state index contributed by atoms with van der Waals surface area (Å²) in [4.78, 5) is 0. The SMILES string of the molecule is Fc1c(-c2cn[nH]c2)cccc1C(F)(F)F. The van der Waals surface area contributed by atoms with Gasteiger partial charge in [-0.25, -0.2) is 4.39 Å². The molecule has 0 unspecified atom stereocenters.